The molecule has 138 valence electrons. The van der Waals surface area contributed by atoms with Crippen LogP contribution in [0.15, 0.2) is 68.5 Å². The molecule has 9 nitrogen and oxygen atoms in total. The second-order valence-corrected chi connectivity index (χ2v) is 6.66. The first-order valence-corrected chi connectivity index (χ1v) is 9.21. The van der Waals surface area contributed by atoms with E-state index in [4.69, 9.17) is 8.83 Å². The number of thioether (sulfide) groups is 1. The first-order chi connectivity index (χ1) is 13.3. The molecule has 1 aliphatic rings. The van der Waals surface area contributed by atoms with Crippen molar-refractivity contribution in [3.63, 3.8) is 0 Å². The number of rotatable bonds is 7. The molecule has 0 fully saturated rings. The SMILES string of the molecule is C=CCn1nnnc1SCC(=O)N1N=C(c2ccco2)CC1c1ccco1. The highest BCUT2D eigenvalue weighted by atomic mass is 32.2. The highest BCUT2D eigenvalue weighted by Crippen LogP contribution is 2.33. The Morgan fingerprint density at radius 1 is 1.33 bits per heavy atom. The Balaban J connectivity index is 1.52. The molecule has 0 saturated heterocycles. The predicted molar refractivity (Wildman–Crippen MR) is 96.9 cm³/mol. The normalized spacial score (nSPS) is 16.5. The average molecular weight is 384 g/mol. The van der Waals surface area contributed by atoms with Gasteiger partial charge in [0.1, 0.15) is 23.3 Å². The molecule has 0 aromatic carbocycles. The zero-order chi connectivity index (χ0) is 18.6. The monoisotopic (exact) mass is 384 g/mol. The Hall–Kier alpha value is -3.14. The van der Waals surface area contributed by atoms with E-state index in [0.717, 1.165) is 0 Å². The number of amides is 1. The molecule has 3 aromatic heterocycles. The molecule has 10 heteroatoms. The van der Waals surface area contributed by atoms with Crippen LogP contribution in [0.4, 0.5) is 0 Å². The van der Waals surface area contributed by atoms with Gasteiger partial charge in [-0.1, -0.05) is 17.8 Å². The zero-order valence-corrected chi connectivity index (χ0v) is 15.1. The predicted octanol–water partition coefficient (Wildman–Crippen LogP) is 2.52. The highest BCUT2D eigenvalue weighted by molar-refractivity contribution is 7.99. The number of tetrazole rings is 1. The summed E-state index contributed by atoms with van der Waals surface area (Å²) in [6, 6.07) is 6.94. The maximum absolute atomic E-state index is 12.9. The first-order valence-electron chi connectivity index (χ1n) is 8.23. The van der Waals surface area contributed by atoms with Crippen molar-refractivity contribution in [2.45, 2.75) is 24.2 Å². The zero-order valence-electron chi connectivity index (χ0n) is 14.3. The summed E-state index contributed by atoms with van der Waals surface area (Å²) >= 11 is 1.25. The Morgan fingerprint density at radius 2 is 2.19 bits per heavy atom. The van der Waals surface area contributed by atoms with Crippen LogP contribution in [0.25, 0.3) is 0 Å². The van der Waals surface area contributed by atoms with Gasteiger partial charge in [0.2, 0.25) is 5.16 Å². The van der Waals surface area contributed by atoms with Crippen molar-refractivity contribution in [3.8, 4) is 0 Å². The van der Waals surface area contributed by atoms with E-state index in [9.17, 15) is 4.79 Å². The summed E-state index contributed by atoms with van der Waals surface area (Å²) in [5.41, 5.74) is 0.705. The highest BCUT2D eigenvalue weighted by Gasteiger charge is 2.35. The van der Waals surface area contributed by atoms with Gasteiger partial charge in [-0.15, -0.1) is 11.7 Å². The van der Waals surface area contributed by atoms with E-state index in [1.54, 1.807) is 35.4 Å². The first kappa shape index (κ1) is 17.3. The molecule has 0 aliphatic carbocycles. The average Bonchev–Trinajstić information content (AvgIpc) is 3.47. The van der Waals surface area contributed by atoms with Gasteiger partial charge < -0.3 is 8.83 Å². The van der Waals surface area contributed by atoms with Crippen LogP contribution in [-0.2, 0) is 11.3 Å². The fourth-order valence-electron chi connectivity index (χ4n) is 2.76. The van der Waals surface area contributed by atoms with Crippen LogP contribution in [-0.4, -0.2) is 42.6 Å². The molecule has 1 atom stereocenters. The van der Waals surface area contributed by atoms with Gasteiger partial charge in [0, 0.05) is 6.42 Å². The molecule has 27 heavy (non-hydrogen) atoms. The summed E-state index contributed by atoms with van der Waals surface area (Å²) in [6.45, 7) is 4.14. The number of hydrazone groups is 1. The third kappa shape index (κ3) is 3.56. The Kier molecular flexibility index (Phi) is 4.88. The van der Waals surface area contributed by atoms with Crippen LogP contribution in [0.3, 0.4) is 0 Å². The van der Waals surface area contributed by atoms with Crippen LogP contribution in [0.5, 0.6) is 0 Å². The van der Waals surface area contributed by atoms with Gasteiger partial charge in [-0.05, 0) is 34.7 Å². The van der Waals surface area contributed by atoms with Crippen molar-refractivity contribution in [1.82, 2.24) is 25.2 Å². The van der Waals surface area contributed by atoms with Crippen LogP contribution in [0.2, 0.25) is 0 Å². The second-order valence-electron chi connectivity index (χ2n) is 5.72. The van der Waals surface area contributed by atoms with E-state index in [1.165, 1.54) is 16.8 Å². The third-order valence-electron chi connectivity index (χ3n) is 3.97. The van der Waals surface area contributed by atoms with Crippen molar-refractivity contribution < 1.29 is 13.6 Å². The van der Waals surface area contributed by atoms with E-state index in [0.29, 0.717) is 35.4 Å². The van der Waals surface area contributed by atoms with Gasteiger partial charge in [0.05, 0.1) is 24.8 Å². The minimum atomic E-state index is -0.308. The van der Waals surface area contributed by atoms with E-state index >= 15 is 0 Å². The summed E-state index contributed by atoms with van der Waals surface area (Å²) in [6.07, 6.45) is 5.38. The number of hydrogen-bond acceptors (Lipinski definition) is 8. The molecule has 3 aromatic rings. The molecule has 4 rings (SSSR count). The number of allylic oxidation sites excluding steroid dienone is 1. The number of carbonyl (C=O) groups excluding carboxylic acids is 1. The molecule has 1 unspecified atom stereocenters. The molecular formula is C17H16N6O3S. The number of furan rings is 2. The maximum Gasteiger partial charge on any atom is 0.253 e. The summed E-state index contributed by atoms with van der Waals surface area (Å²) in [7, 11) is 0. The Labute approximate surface area is 158 Å². The van der Waals surface area contributed by atoms with Crippen molar-refractivity contribution >= 4 is 23.4 Å². The van der Waals surface area contributed by atoms with Gasteiger partial charge in [-0.25, -0.2) is 9.69 Å². The molecule has 4 heterocycles. The van der Waals surface area contributed by atoms with Crippen LogP contribution in [0.1, 0.15) is 24.0 Å². The maximum atomic E-state index is 12.9. The lowest BCUT2D eigenvalue weighted by atomic mass is 10.1. The van der Waals surface area contributed by atoms with E-state index in [1.807, 2.05) is 12.1 Å². The molecule has 0 spiro atoms. The molecule has 0 saturated carbocycles. The lowest BCUT2D eigenvalue weighted by Crippen LogP contribution is -2.28. The van der Waals surface area contributed by atoms with Crippen molar-refractivity contribution in [2.24, 2.45) is 5.10 Å². The van der Waals surface area contributed by atoms with Crippen molar-refractivity contribution in [1.29, 1.82) is 0 Å². The van der Waals surface area contributed by atoms with E-state index in [2.05, 4.69) is 27.2 Å². The minimum absolute atomic E-state index is 0.143. The lowest BCUT2D eigenvalue weighted by Gasteiger charge is -2.19. The fraction of sp³-hybridized carbons (Fsp3) is 0.235. The number of nitrogens with zero attached hydrogens (tertiary/aromatic N) is 6. The van der Waals surface area contributed by atoms with Gasteiger partial charge in [0.25, 0.3) is 5.91 Å². The van der Waals surface area contributed by atoms with Crippen LogP contribution < -0.4 is 0 Å². The lowest BCUT2D eigenvalue weighted by molar-refractivity contribution is -0.130. The summed E-state index contributed by atoms with van der Waals surface area (Å²) < 4.78 is 12.5. The smallest absolute Gasteiger partial charge is 0.253 e. The molecular weight excluding hydrogens is 368 g/mol. The Bertz CT molecular complexity index is 947. The van der Waals surface area contributed by atoms with Crippen LogP contribution in [0, 0.1) is 0 Å². The molecule has 1 amide bonds. The number of hydrogen-bond donors (Lipinski definition) is 0. The quantitative estimate of drug-likeness (QED) is 0.455. The fourth-order valence-corrected chi connectivity index (χ4v) is 3.50. The van der Waals surface area contributed by atoms with Gasteiger partial charge in [0.15, 0.2) is 0 Å². The molecule has 0 radical (unpaired) electrons. The third-order valence-corrected chi connectivity index (χ3v) is 4.91. The Morgan fingerprint density at radius 3 is 2.93 bits per heavy atom. The summed E-state index contributed by atoms with van der Waals surface area (Å²) in [5, 5.41) is 17.9. The topological polar surface area (TPSA) is 103 Å². The molecule has 0 N–H and O–H groups in total. The van der Waals surface area contributed by atoms with Crippen molar-refractivity contribution in [3.05, 3.63) is 61.0 Å². The van der Waals surface area contributed by atoms with Crippen LogP contribution >= 0.6 is 11.8 Å². The molecule has 0 bridgehead atoms. The number of aromatic nitrogens is 4. The second kappa shape index (κ2) is 7.62. The standard InChI is InChI=1S/C17H16N6O3S/c1-2-7-22-17(18-20-21-22)27-11-16(24)23-13(15-6-4-9-26-15)10-12(19-23)14-5-3-8-25-14/h2-6,8-9,13H,1,7,10-11H2. The van der Waals surface area contributed by atoms with Gasteiger partial charge in [-0.3, -0.25) is 4.79 Å². The van der Waals surface area contributed by atoms with E-state index < -0.39 is 0 Å². The largest absolute Gasteiger partial charge is 0.467 e. The molecule has 1 aliphatic heterocycles. The minimum Gasteiger partial charge on any atom is -0.467 e. The number of carbonyl (C=O) groups is 1. The summed E-state index contributed by atoms with van der Waals surface area (Å²) in [5.74, 6) is 1.29. The van der Waals surface area contributed by atoms with Gasteiger partial charge in [-0.2, -0.15) is 5.10 Å². The van der Waals surface area contributed by atoms with Gasteiger partial charge >= 0.3 is 0 Å². The summed E-state index contributed by atoms with van der Waals surface area (Å²) in [4.78, 5) is 12.9. The van der Waals surface area contributed by atoms with E-state index in [-0.39, 0.29) is 17.7 Å². The van der Waals surface area contributed by atoms with Crippen molar-refractivity contribution in [2.75, 3.05) is 5.75 Å².